The minimum atomic E-state index is -0.528. The summed E-state index contributed by atoms with van der Waals surface area (Å²) in [4.78, 5) is 26.3. The number of pyridine rings is 1. The Morgan fingerprint density at radius 3 is 2.56 bits per heavy atom. The van der Waals surface area contributed by atoms with E-state index in [4.69, 9.17) is 4.99 Å². The number of hydrogen-bond acceptors (Lipinski definition) is 8. The van der Waals surface area contributed by atoms with Gasteiger partial charge in [0.15, 0.2) is 0 Å². The zero-order chi connectivity index (χ0) is 22.7. The maximum absolute atomic E-state index is 10.9. The lowest BCUT2D eigenvalue weighted by Gasteiger charge is -2.21. The average molecular weight is 429 g/mol. The van der Waals surface area contributed by atoms with Crippen LogP contribution < -0.4 is 4.90 Å². The topological polar surface area (TPSA) is 101 Å². The number of benzene rings is 1. The van der Waals surface area contributed by atoms with Crippen molar-refractivity contribution >= 4 is 28.9 Å². The van der Waals surface area contributed by atoms with Gasteiger partial charge in [0.1, 0.15) is 23.2 Å². The minimum absolute atomic E-state index is 0.487. The van der Waals surface area contributed by atoms with Crippen LogP contribution in [0.1, 0.15) is 32.2 Å². The van der Waals surface area contributed by atoms with Gasteiger partial charge in [0, 0.05) is 25.0 Å². The van der Waals surface area contributed by atoms with E-state index in [-0.39, 0.29) is 0 Å². The Morgan fingerprint density at radius 1 is 1.12 bits per heavy atom. The molecule has 162 valence electrons. The predicted molar refractivity (Wildman–Crippen MR) is 125 cm³/mol. The first kappa shape index (κ1) is 21.3. The van der Waals surface area contributed by atoms with Gasteiger partial charge in [-0.25, -0.2) is 9.79 Å². The lowest BCUT2D eigenvalue weighted by atomic mass is 10.1. The monoisotopic (exact) mass is 428 g/mol. The molecule has 1 atom stereocenters. The van der Waals surface area contributed by atoms with Gasteiger partial charge in [-0.3, -0.25) is 4.98 Å². The Hall–Kier alpha value is -3.97. The van der Waals surface area contributed by atoms with Gasteiger partial charge in [-0.1, -0.05) is 6.07 Å². The first-order valence-electron chi connectivity index (χ1n) is 10.5. The molecular weight excluding hydrogens is 404 g/mol. The second kappa shape index (κ2) is 9.03. The molecule has 3 heterocycles. The molecule has 1 aliphatic rings. The summed E-state index contributed by atoms with van der Waals surface area (Å²) in [5, 5.41) is 13.2. The Morgan fingerprint density at radius 2 is 1.91 bits per heavy atom. The second-order valence-corrected chi connectivity index (χ2v) is 7.36. The zero-order valence-corrected chi connectivity index (χ0v) is 18.5. The maximum atomic E-state index is 10.9. The van der Waals surface area contributed by atoms with Crippen LogP contribution in [-0.4, -0.2) is 56.5 Å². The van der Waals surface area contributed by atoms with E-state index in [1.54, 1.807) is 23.9 Å². The van der Waals surface area contributed by atoms with Gasteiger partial charge in [-0.05, 0) is 63.6 Å². The quantitative estimate of drug-likeness (QED) is 0.423. The maximum Gasteiger partial charge on any atom is 0.235 e. The first-order chi connectivity index (χ1) is 15.6. The van der Waals surface area contributed by atoms with Crippen LogP contribution >= 0.6 is 0 Å². The van der Waals surface area contributed by atoms with Gasteiger partial charge in [-0.2, -0.15) is 14.8 Å². The molecule has 0 aliphatic carbocycles. The van der Waals surface area contributed by atoms with Crippen molar-refractivity contribution in [3.63, 3.8) is 0 Å². The van der Waals surface area contributed by atoms with E-state index in [1.807, 2.05) is 31.2 Å². The third-order valence-electron chi connectivity index (χ3n) is 5.38. The highest BCUT2D eigenvalue weighted by Gasteiger charge is 2.32. The number of fused-ring (bicyclic) bond motifs is 1. The highest BCUT2D eigenvalue weighted by atomic mass is 16.1. The van der Waals surface area contributed by atoms with E-state index < -0.39 is 6.04 Å². The van der Waals surface area contributed by atoms with E-state index in [1.165, 1.54) is 0 Å². The number of hydrogen-bond donors (Lipinski definition) is 0. The molecule has 0 saturated carbocycles. The zero-order valence-electron chi connectivity index (χ0n) is 18.5. The van der Waals surface area contributed by atoms with Crippen molar-refractivity contribution in [3.05, 3.63) is 54.0 Å². The molecule has 4 rings (SSSR count). The van der Waals surface area contributed by atoms with Crippen molar-refractivity contribution in [2.75, 3.05) is 18.0 Å². The fourth-order valence-corrected chi connectivity index (χ4v) is 3.65. The van der Waals surface area contributed by atoms with Gasteiger partial charge in [0.2, 0.25) is 17.7 Å². The summed E-state index contributed by atoms with van der Waals surface area (Å²) in [5.74, 6) is 0.986. The fraction of sp³-hybridized carbons (Fsp3) is 0.304. The molecule has 0 N–H and O–H groups in total. The number of nitrogens with zero attached hydrogens (tertiary/aromatic N) is 8. The minimum Gasteiger partial charge on any atom is -0.372 e. The molecule has 1 aromatic carbocycles. The number of aryl methyl sites for hydroxylation is 1. The van der Waals surface area contributed by atoms with E-state index in [2.05, 4.69) is 56.2 Å². The average Bonchev–Trinajstić information content (AvgIpc) is 3.37. The molecule has 9 nitrogen and oxygen atoms in total. The lowest BCUT2D eigenvalue weighted by molar-refractivity contribution is 0.562. The summed E-state index contributed by atoms with van der Waals surface area (Å²) in [6.07, 6.45) is 3.30. The van der Waals surface area contributed by atoms with E-state index in [9.17, 15) is 4.79 Å². The van der Waals surface area contributed by atoms with Crippen LogP contribution in [0.25, 0.3) is 11.5 Å². The Labute approximate surface area is 186 Å². The molecule has 0 radical (unpaired) electrons. The molecule has 2 aromatic heterocycles. The largest absolute Gasteiger partial charge is 0.372 e. The van der Waals surface area contributed by atoms with Crippen LogP contribution in [0, 0.1) is 6.92 Å². The van der Waals surface area contributed by atoms with Crippen LogP contribution in [0.15, 0.2) is 57.7 Å². The highest BCUT2D eigenvalue weighted by Crippen LogP contribution is 2.28. The van der Waals surface area contributed by atoms with E-state index in [0.29, 0.717) is 28.8 Å². The third-order valence-corrected chi connectivity index (χ3v) is 5.38. The van der Waals surface area contributed by atoms with Crippen LogP contribution in [0.2, 0.25) is 0 Å². The smallest absolute Gasteiger partial charge is 0.235 e. The molecule has 0 fully saturated rings. The molecule has 32 heavy (non-hydrogen) atoms. The van der Waals surface area contributed by atoms with Crippen molar-refractivity contribution in [1.82, 2.24) is 19.9 Å². The second-order valence-electron chi connectivity index (χ2n) is 7.36. The molecule has 0 bridgehead atoms. The summed E-state index contributed by atoms with van der Waals surface area (Å²) in [5.41, 5.74) is 4.67. The predicted octanol–water partition coefficient (Wildman–Crippen LogP) is 3.56. The van der Waals surface area contributed by atoms with Gasteiger partial charge < -0.3 is 4.90 Å². The van der Waals surface area contributed by atoms with E-state index >= 15 is 0 Å². The SMILES string of the molecule is CCN(CC)c1ccc(N=C2C(C(C)N=C=O)=Nn3c2nnc3-c2ccccn2)c(C)c1. The van der Waals surface area contributed by atoms with Crippen molar-refractivity contribution in [3.8, 4) is 11.5 Å². The molecule has 3 aromatic rings. The standard InChI is InChI=1S/C23H24N8O/c1-5-30(6-2)17-10-11-18(15(3)13-17)26-21-20(16(4)25-14-32)29-31-22(27-28-23(21)31)19-9-7-8-12-24-19/h7-13,16H,5-6H2,1-4H3. The molecule has 1 aliphatic heterocycles. The Kier molecular flexibility index (Phi) is 6.00. The number of carbonyl (C=O) groups excluding carboxylic acids is 1. The van der Waals surface area contributed by atoms with Gasteiger partial charge in [0.25, 0.3) is 0 Å². The Bertz CT molecular complexity index is 1230. The van der Waals surface area contributed by atoms with Gasteiger partial charge in [0.05, 0.1) is 5.69 Å². The molecular formula is C23H24N8O. The van der Waals surface area contributed by atoms with Gasteiger partial charge >= 0.3 is 0 Å². The molecule has 0 saturated heterocycles. The molecule has 0 spiro atoms. The lowest BCUT2D eigenvalue weighted by Crippen LogP contribution is -2.23. The fourth-order valence-electron chi connectivity index (χ4n) is 3.65. The van der Waals surface area contributed by atoms with Crippen molar-refractivity contribution in [1.29, 1.82) is 0 Å². The summed E-state index contributed by atoms with van der Waals surface area (Å²) in [7, 11) is 0. The van der Waals surface area contributed by atoms with E-state index in [0.717, 1.165) is 30.0 Å². The molecule has 1 unspecified atom stereocenters. The highest BCUT2D eigenvalue weighted by molar-refractivity contribution is 6.50. The number of aliphatic imine (C=N–C) groups is 2. The van der Waals surface area contributed by atoms with Crippen LogP contribution in [0.5, 0.6) is 0 Å². The summed E-state index contributed by atoms with van der Waals surface area (Å²) >= 11 is 0. The third kappa shape index (κ3) is 3.86. The normalized spacial score (nSPS) is 14.6. The Balaban J connectivity index is 1.81. The van der Waals surface area contributed by atoms with Crippen LogP contribution in [0.3, 0.4) is 0 Å². The van der Waals surface area contributed by atoms with Gasteiger partial charge in [-0.15, -0.1) is 10.2 Å². The summed E-state index contributed by atoms with van der Waals surface area (Å²) in [6.45, 7) is 9.93. The first-order valence-corrected chi connectivity index (χ1v) is 10.5. The van der Waals surface area contributed by atoms with Crippen LogP contribution in [-0.2, 0) is 4.79 Å². The van der Waals surface area contributed by atoms with Crippen molar-refractivity contribution in [2.24, 2.45) is 15.1 Å². The number of rotatable bonds is 7. The summed E-state index contributed by atoms with van der Waals surface area (Å²) < 4.78 is 1.60. The van der Waals surface area contributed by atoms with Crippen molar-refractivity contribution < 1.29 is 4.79 Å². The van der Waals surface area contributed by atoms with Crippen LogP contribution in [0.4, 0.5) is 11.4 Å². The summed E-state index contributed by atoms with van der Waals surface area (Å²) in [6, 6.07) is 11.2. The van der Waals surface area contributed by atoms with Crippen molar-refractivity contribution in [2.45, 2.75) is 33.7 Å². The number of isocyanates is 1. The molecule has 0 amide bonds. The molecule has 9 heteroatoms. The number of anilines is 1. The number of aromatic nitrogens is 4.